The summed E-state index contributed by atoms with van der Waals surface area (Å²) in [6.07, 6.45) is 2.27. The molecule has 24 heavy (non-hydrogen) atoms. The quantitative estimate of drug-likeness (QED) is 0.755. The van der Waals surface area contributed by atoms with Crippen LogP contribution in [0, 0.1) is 6.92 Å². The van der Waals surface area contributed by atoms with E-state index in [9.17, 15) is 4.79 Å². The van der Waals surface area contributed by atoms with Crippen molar-refractivity contribution in [2.24, 2.45) is 0 Å². The van der Waals surface area contributed by atoms with E-state index in [1.54, 1.807) is 25.4 Å². The van der Waals surface area contributed by atoms with Crippen LogP contribution in [0.1, 0.15) is 41.3 Å². The average Bonchev–Trinajstić information content (AvgIpc) is 3.02. The number of aryl methyl sites for hydroxylation is 1. The summed E-state index contributed by atoms with van der Waals surface area (Å²) in [6.45, 7) is 4.04. The van der Waals surface area contributed by atoms with Crippen molar-refractivity contribution >= 4 is 16.9 Å². The molecule has 1 amide bonds. The van der Waals surface area contributed by atoms with Gasteiger partial charge in [-0.25, -0.2) is 4.98 Å². The van der Waals surface area contributed by atoms with Gasteiger partial charge in [0.2, 0.25) is 0 Å². The minimum absolute atomic E-state index is 0.210. The van der Waals surface area contributed by atoms with Crippen molar-refractivity contribution in [3.63, 3.8) is 0 Å². The number of nitrogens with one attached hydrogen (secondary N) is 2. The molecule has 3 rings (SSSR count). The summed E-state index contributed by atoms with van der Waals surface area (Å²) in [4.78, 5) is 24.4. The molecule has 0 radical (unpaired) electrons. The molecule has 0 aliphatic heterocycles. The van der Waals surface area contributed by atoms with Gasteiger partial charge in [0.1, 0.15) is 17.3 Å². The molecule has 0 aliphatic carbocycles. The summed E-state index contributed by atoms with van der Waals surface area (Å²) in [5, 5.41) is 2.98. The molecule has 1 atom stereocenters. The van der Waals surface area contributed by atoms with Crippen molar-refractivity contribution in [3.8, 4) is 5.75 Å². The Morgan fingerprint density at radius 3 is 2.92 bits per heavy atom. The van der Waals surface area contributed by atoms with Crippen molar-refractivity contribution < 1.29 is 9.53 Å². The highest BCUT2D eigenvalue weighted by molar-refractivity contribution is 5.92. The maximum atomic E-state index is 12.5. The number of pyridine rings is 1. The highest BCUT2D eigenvalue weighted by Crippen LogP contribution is 2.20. The van der Waals surface area contributed by atoms with Crippen LogP contribution in [0.2, 0.25) is 0 Å². The molecule has 0 saturated heterocycles. The van der Waals surface area contributed by atoms with Crippen LogP contribution < -0.4 is 10.1 Å². The minimum Gasteiger partial charge on any atom is -0.497 e. The van der Waals surface area contributed by atoms with E-state index < -0.39 is 0 Å². The first-order chi connectivity index (χ1) is 11.6. The molecule has 0 saturated carbocycles. The van der Waals surface area contributed by atoms with E-state index in [0.717, 1.165) is 22.4 Å². The van der Waals surface area contributed by atoms with Gasteiger partial charge in [-0.3, -0.25) is 9.78 Å². The third-order valence-corrected chi connectivity index (χ3v) is 3.90. The topological polar surface area (TPSA) is 79.9 Å². The van der Waals surface area contributed by atoms with E-state index in [1.807, 2.05) is 32.0 Å². The Balaban J connectivity index is 1.83. The SMILES string of the molecule is CC[C@@H](NC(=O)c1cc(OC)ccn1)c1nc2ccc(C)cc2[nH]1. The van der Waals surface area contributed by atoms with Gasteiger partial charge in [-0.15, -0.1) is 0 Å². The Labute approximate surface area is 140 Å². The van der Waals surface area contributed by atoms with Gasteiger partial charge in [-0.05, 0) is 37.1 Å². The highest BCUT2D eigenvalue weighted by atomic mass is 16.5. The van der Waals surface area contributed by atoms with Gasteiger partial charge in [-0.1, -0.05) is 13.0 Å². The molecular weight excluding hydrogens is 304 g/mol. The molecule has 1 aromatic carbocycles. The number of carbonyl (C=O) groups excluding carboxylic acids is 1. The molecule has 6 nitrogen and oxygen atoms in total. The van der Waals surface area contributed by atoms with Gasteiger partial charge in [-0.2, -0.15) is 0 Å². The van der Waals surface area contributed by atoms with Crippen LogP contribution in [0.5, 0.6) is 5.75 Å². The molecule has 2 N–H and O–H groups in total. The normalized spacial score (nSPS) is 12.1. The van der Waals surface area contributed by atoms with Crippen LogP contribution >= 0.6 is 0 Å². The molecular formula is C18H20N4O2. The fourth-order valence-corrected chi connectivity index (χ4v) is 2.57. The molecule has 0 fully saturated rings. The molecule has 3 aromatic rings. The van der Waals surface area contributed by atoms with Crippen LogP contribution in [0.4, 0.5) is 0 Å². The summed E-state index contributed by atoms with van der Waals surface area (Å²) in [7, 11) is 1.56. The highest BCUT2D eigenvalue weighted by Gasteiger charge is 2.18. The lowest BCUT2D eigenvalue weighted by Crippen LogP contribution is -2.29. The van der Waals surface area contributed by atoms with Gasteiger partial charge in [0.15, 0.2) is 0 Å². The summed E-state index contributed by atoms with van der Waals surface area (Å²) >= 11 is 0. The Hall–Kier alpha value is -2.89. The number of H-pyrrole nitrogens is 1. The van der Waals surface area contributed by atoms with Crippen molar-refractivity contribution in [2.45, 2.75) is 26.3 Å². The van der Waals surface area contributed by atoms with E-state index in [2.05, 4.69) is 20.3 Å². The van der Waals surface area contributed by atoms with E-state index >= 15 is 0 Å². The van der Waals surface area contributed by atoms with Crippen molar-refractivity contribution in [2.75, 3.05) is 7.11 Å². The van der Waals surface area contributed by atoms with Crippen molar-refractivity contribution in [1.29, 1.82) is 0 Å². The number of amides is 1. The third kappa shape index (κ3) is 3.22. The number of hydrogen-bond acceptors (Lipinski definition) is 4. The number of ether oxygens (including phenoxy) is 1. The van der Waals surface area contributed by atoms with E-state index in [1.165, 1.54) is 0 Å². The lowest BCUT2D eigenvalue weighted by Gasteiger charge is -2.14. The van der Waals surface area contributed by atoms with Gasteiger partial charge in [0.25, 0.3) is 5.91 Å². The average molecular weight is 324 g/mol. The second-order valence-corrected chi connectivity index (χ2v) is 5.66. The molecule has 0 aliphatic rings. The van der Waals surface area contributed by atoms with Crippen LogP contribution in [0.3, 0.4) is 0 Å². The lowest BCUT2D eigenvalue weighted by atomic mass is 10.2. The number of rotatable bonds is 5. The second kappa shape index (κ2) is 6.70. The molecule has 2 aromatic heterocycles. The van der Waals surface area contributed by atoms with E-state index in [0.29, 0.717) is 17.9 Å². The zero-order chi connectivity index (χ0) is 17.1. The summed E-state index contributed by atoms with van der Waals surface area (Å²) in [5.41, 5.74) is 3.34. The van der Waals surface area contributed by atoms with Gasteiger partial charge < -0.3 is 15.0 Å². The molecule has 0 bridgehead atoms. The number of carbonyl (C=O) groups is 1. The number of benzene rings is 1. The largest absolute Gasteiger partial charge is 0.497 e. The molecule has 124 valence electrons. The van der Waals surface area contributed by atoms with E-state index in [4.69, 9.17) is 4.74 Å². The Morgan fingerprint density at radius 2 is 2.17 bits per heavy atom. The predicted octanol–water partition coefficient (Wildman–Crippen LogP) is 3.16. The summed E-state index contributed by atoms with van der Waals surface area (Å²) in [5.74, 6) is 1.09. The molecule has 0 unspecified atom stereocenters. The van der Waals surface area contributed by atoms with Gasteiger partial charge in [0.05, 0.1) is 24.2 Å². The molecule has 2 heterocycles. The van der Waals surface area contributed by atoms with Gasteiger partial charge in [0, 0.05) is 12.3 Å². The van der Waals surface area contributed by atoms with Crippen molar-refractivity contribution in [1.82, 2.24) is 20.3 Å². The van der Waals surface area contributed by atoms with Crippen LogP contribution in [-0.4, -0.2) is 28.0 Å². The van der Waals surface area contributed by atoms with E-state index in [-0.39, 0.29) is 11.9 Å². The van der Waals surface area contributed by atoms with Crippen LogP contribution in [0.15, 0.2) is 36.5 Å². The maximum Gasteiger partial charge on any atom is 0.270 e. The molecule has 6 heteroatoms. The standard InChI is InChI=1S/C18H20N4O2/c1-4-13(17-20-14-6-5-11(2)9-15(14)21-17)22-18(23)16-10-12(24-3)7-8-19-16/h5-10,13H,4H2,1-3H3,(H,20,21)(H,22,23)/t13-/m1/s1. The fraction of sp³-hybridized carbons (Fsp3) is 0.278. The zero-order valence-electron chi connectivity index (χ0n) is 14.0. The van der Waals surface area contributed by atoms with Crippen LogP contribution in [0.25, 0.3) is 11.0 Å². The summed E-state index contributed by atoms with van der Waals surface area (Å²) < 4.78 is 5.13. The Bertz CT molecular complexity index is 872. The van der Waals surface area contributed by atoms with Crippen LogP contribution in [-0.2, 0) is 0 Å². The first-order valence-electron chi connectivity index (χ1n) is 7.88. The third-order valence-electron chi connectivity index (χ3n) is 3.90. The first kappa shape index (κ1) is 16.0. The number of fused-ring (bicyclic) bond motifs is 1. The molecule has 0 spiro atoms. The Kier molecular flexibility index (Phi) is 4.46. The number of hydrogen-bond donors (Lipinski definition) is 2. The second-order valence-electron chi connectivity index (χ2n) is 5.66. The predicted molar refractivity (Wildman–Crippen MR) is 92.1 cm³/mol. The number of nitrogens with zero attached hydrogens (tertiary/aromatic N) is 2. The number of methoxy groups -OCH3 is 1. The lowest BCUT2D eigenvalue weighted by molar-refractivity contribution is 0.0928. The smallest absolute Gasteiger partial charge is 0.270 e. The zero-order valence-corrected chi connectivity index (χ0v) is 14.0. The number of aromatic nitrogens is 3. The first-order valence-corrected chi connectivity index (χ1v) is 7.88. The van der Waals surface area contributed by atoms with Gasteiger partial charge >= 0.3 is 0 Å². The summed E-state index contributed by atoms with van der Waals surface area (Å²) in [6, 6.07) is 9.15. The van der Waals surface area contributed by atoms with Crippen molar-refractivity contribution in [3.05, 3.63) is 53.6 Å². The minimum atomic E-state index is -0.252. The monoisotopic (exact) mass is 324 g/mol. The fourth-order valence-electron chi connectivity index (χ4n) is 2.57. The number of aromatic amines is 1. The number of imidazole rings is 1. The maximum absolute atomic E-state index is 12.5. The Morgan fingerprint density at radius 1 is 1.33 bits per heavy atom.